The van der Waals surface area contributed by atoms with Crippen molar-refractivity contribution in [1.29, 1.82) is 0 Å². The van der Waals surface area contributed by atoms with Gasteiger partial charge in [-0.25, -0.2) is 4.98 Å². The quantitative estimate of drug-likeness (QED) is 0.754. The predicted molar refractivity (Wildman–Crippen MR) is 59.2 cm³/mol. The highest BCUT2D eigenvalue weighted by Gasteiger charge is 2.21. The summed E-state index contributed by atoms with van der Waals surface area (Å²) < 4.78 is 5.49. The first-order valence-electron chi connectivity index (χ1n) is 5.08. The highest BCUT2D eigenvalue weighted by molar-refractivity contribution is 6.34. The fourth-order valence-corrected chi connectivity index (χ4v) is 2.36. The number of hydrogen-bond acceptors (Lipinski definition) is 3. The van der Waals surface area contributed by atoms with E-state index in [-0.39, 0.29) is 0 Å². The normalized spacial score (nSPS) is 21.3. The average Bonchev–Trinajstić information content (AvgIpc) is 2.88. The monoisotopic (exact) mass is 222 g/mol. The van der Waals surface area contributed by atoms with Crippen LogP contribution in [0.4, 0.5) is 0 Å². The molecule has 1 saturated heterocycles. The zero-order chi connectivity index (χ0) is 10.3. The van der Waals surface area contributed by atoms with Gasteiger partial charge in [-0.2, -0.15) is 0 Å². The Morgan fingerprint density at radius 3 is 3.27 bits per heavy atom. The number of pyridine rings is 1. The molecule has 0 bridgehead atoms. The smallest absolute Gasteiger partial charge is 0.142 e. The maximum absolute atomic E-state index is 5.99. The number of furan rings is 1. The van der Waals surface area contributed by atoms with E-state index in [0.717, 1.165) is 30.5 Å². The molecule has 3 rings (SSSR count). The third-order valence-electron chi connectivity index (χ3n) is 2.97. The molecule has 2 aromatic heterocycles. The molecule has 3 nitrogen and oxygen atoms in total. The minimum Gasteiger partial charge on any atom is -0.464 e. The molecule has 0 aliphatic carbocycles. The zero-order valence-corrected chi connectivity index (χ0v) is 8.92. The van der Waals surface area contributed by atoms with Crippen LogP contribution in [0.2, 0.25) is 5.15 Å². The van der Waals surface area contributed by atoms with Gasteiger partial charge in [0.15, 0.2) is 0 Å². The first-order chi connectivity index (χ1) is 7.36. The molecule has 0 amide bonds. The van der Waals surface area contributed by atoms with Crippen LogP contribution in [0.1, 0.15) is 17.9 Å². The van der Waals surface area contributed by atoms with Gasteiger partial charge < -0.3 is 9.73 Å². The molecule has 1 N–H and O–H groups in total. The van der Waals surface area contributed by atoms with E-state index in [2.05, 4.69) is 10.3 Å². The number of hydrogen-bond donors (Lipinski definition) is 1. The Morgan fingerprint density at radius 2 is 2.47 bits per heavy atom. The predicted octanol–water partition coefficient (Wildman–Crippen LogP) is 2.56. The highest BCUT2D eigenvalue weighted by Crippen LogP contribution is 2.32. The molecule has 1 unspecified atom stereocenters. The van der Waals surface area contributed by atoms with Crippen molar-refractivity contribution in [1.82, 2.24) is 10.3 Å². The molecule has 15 heavy (non-hydrogen) atoms. The second-order valence-electron chi connectivity index (χ2n) is 3.86. The van der Waals surface area contributed by atoms with Crippen molar-refractivity contribution < 1.29 is 4.42 Å². The van der Waals surface area contributed by atoms with Gasteiger partial charge in [-0.05, 0) is 19.0 Å². The Labute approximate surface area is 92.4 Å². The minimum absolute atomic E-state index is 0.503. The van der Waals surface area contributed by atoms with Crippen LogP contribution in [0, 0.1) is 0 Å². The summed E-state index contributed by atoms with van der Waals surface area (Å²) in [7, 11) is 0. The van der Waals surface area contributed by atoms with Gasteiger partial charge in [0.05, 0.1) is 11.6 Å². The van der Waals surface area contributed by atoms with E-state index in [1.807, 2.05) is 12.3 Å². The summed E-state index contributed by atoms with van der Waals surface area (Å²) in [5, 5.41) is 4.78. The molecule has 3 heterocycles. The molecule has 1 atom stereocenters. The lowest BCUT2D eigenvalue weighted by atomic mass is 9.99. The highest BCUT2D eigenvalue weighted by atomic mass is 35.5. The standard InChI is InChI=1S/C11H11ClN2O/c12-11-8-2-4-15-10(8)9(6-14-11)7-1-3-13-5-7/h2,4,6-7,13H,1,3,5H2. The maximum atomic E-state index is 5.99. The van der Waals surface area contributed by atoms with E-state index in [1.165, 1.54) is 5.56 Å². The molecule has 1 aliphatic heterocycles. The van der Waals surface area contributed by atoms with Crippen LogP contribution in [0.5, 0.6) is 0 Å². The van der Waals surface area contributed by atoms with Gasteiger partial charge in [0.2, 0.25) is 0 Å². The largest absolute Gasteiger partial charge is 0.464 e. The van der Waals surface area contributed by atoms with Gasteiger partial charge in [0.1, 0.15) is 10.7 Å². The number of halogens is 1. The van der Waals surface area contributed by atoms with Crippen molar-refractivity contribution in [2.24, 2.45) is 0 Å². The first-order valence-corrected chi connectivity index (χ1v) is 5.46. The average molecular weight is 223 g/mol. The third-order valence-corrected chi connectivity index (χ3v) is 3.27. The van der Waals surface area contributed by atoms with Crippen molar-refractivity contribution in [3.05, 3.63) is 29.2 Å². The summed E-state index contributed by atoms with van der Waals surface area (Å²) in [6.07, 6.45) is 4.65. The van der Waals surface area contributed by atoms with Crippen LogP contribution in [0.25, 0.3) is 11.0 Å². The molecule has 4 heteroatoms. The lowest BCUT2D eigenvalue weighted by Crippen LogP contribution is -2.08. The van der Waals surface area contributed by atoms with Gasteiger partial charge in [0.25, 0.3) is 0 Å². The van der Waals surface area contributed by atoms with Crippen LogP contribution in [-0.4, -0.2) is 18.1 Å². The van der Waals surface area contributed by atoms with Crippen molar-refractivity contribution in [3.8, 4) is 0 Å². The fourth-order valence-electron chi connectivity index (χ4n) is 2.16. The van der Waals surface area contributed by atoms with E-state index in [1.54, 1.807) is 6.26 Å². The molecule has 78 valence electrons. The lowest BCUT2D eigenvalue weighted by Gasteiger charge is -2.08. The fraction of sp³-hybridized carbons (Fsp3) is 0.364. The van der Waals surface area contributed by atoms with Crippen LogP contribution in [0.15, 0.2) is 22.9 Å². The summed E-state index contributed by atoms with van der Waals surface area (Å²) >= 11 is 5.99. The summed E-state index contributed by atoms with van der Waals surface area (Å²) in [5.41, 5.74) is 2.06. The van der Waals surface area contributed by atoms with Crippen LogP contribution >= 0.6 is 11.6 Å². The lowest BCUT2D eigenvalue weighted by molar-refractivity contribution is 0.603. The van der Waals surface area contributed by atoms with Crippen molar-refractivity contribution >= 4 is 22.6 Å². The Morgan fingerprint density at radius 1 is 1.53 bits per heavy atom. The van der Waals surface area contributed by atoms with Crippen LogP contribution < -0.4 is 5.32 Å². The Kier molecular flexibility index (Phi) is 2.15. The number of aromatic nitrogens is 1. The van der Waals surface area contributed by atoms with Crippen LogP contribution in [0.3, 0.4) is 0 Å². The van der Waals surface area contributed by atoms with E-state index < -0.39 is 0 Å². The van der Waals surface area contributed by atoms with Gasteiger partial charge in [-0.3, -0.25) is 0 Å². The molecular formula is C11H11ClN2O. The summed E-state index contributed by atoms with van der Waals surface area (Å²) in [6, 6.07) is 1.87. The second-order valence-corrected chi connectivity index (χ2v) is 4.22. The van der Waals surface area contributed by atoms with E-state index in [4.69, 9.17) is 16.0 Å². The summed E-state index contributed by atoms with van der Waals surface area (Å²) in [6.45, 7) is 2.06. The molecule has 1 aliphatic rings. The molecule has 2 aromatic rings. The van der Waals surface area contributed by atoms with E-state index in [9.17, 15) is 0 Å². The van der Waals surface area contributed by atoms with E-state index >= 15 is 0 Å². The van der Waals surface area contributed by atoms with Crippen molar-refractivity contribution in [2.45, 2.75) is 12.3 Å². The molecule has 0 radical (unpaired) electrons. The number of nitrogens with one attached hydrogen (secondary N) is 1. The molecule has 0 saturated carbocycles. The van der Waals surface area contributed by atoms with Gasteiger partial charge >= 0.3 is 0 Å². The number of fused-ring (bicyclic) bond motifs is 1. The molecule has 0 aromatic carbocycles. The Balaban J connectivity index is 2.17. The van der Waals surface area contributed by atoms with Crippen molar-refractivity contribution in [3.63, 3.8) is 0 Å². The minimum atomic E-state index is 0.503. The third kappa shape index (κ3) is 1.43. The number of rotatable bonds is 1. The Bertz CT molecular complexity index is 488. The molecule has 1 fully saturated rings. The Hall–Kier alpha value is -1.06. The number of nitrogens with zero attached hydrogens (tertiary/aromatic N) is 1. The molecule has 0 spiro atoms. The van der Waals surface area contributed by atoms with Gasteiger partial charge in [-0.1, -0.05) is 11.6 Å². The van der Waals surface area contributed by atoms with Gasteiger partial charge in [-0.15, -0.1) is 0 Å². The SMILES string of the molecule is Clc1ncc(C2CCNC2)c2occc12. The second kappa shape index (κ2) is 3.51. The summed E-state index contributed by atoms with van der Waals surface area (Å²) in [4.78, 5) is 4.20. The maximum Gasteiger partial charge on any atom is 0.142 e. The zero-order valence-electron chi connectivity index (χ0n) is 8.16. The summed E-state index contributed by atoms with van der Waals surface area (Å²) in [5.74, 6) is 0.503. The van der Waals surface area contributed by atoms with Gasteiger partial charge in [0, 0.05) is 24.2 Å². The topological polar surface area (TPSA) is 38.1 Å². The van der Waals surface area contributed by atoms with Crippen LogP contribution in [-0.2, 0) is 0 Å². The molecular weight excluding hydrogens is 212 g/mol. The first kappa shape index (κ1) is 9.19. The van der Waals surface area contributed by atoms with Crippen molar-refractivity contribution in [2.75, 3.05) is 13.1 Å². The van der Waals surface area contributed by atoms with E-state index in [0.29, 0.717) is 11.1 Å².